The number of anilines is 1. The molecule has 1 N–H and O–H groups in total. The van der Waals surface area contributed by atoms with Crippen LogP contribution in [0.3, 0.4) is 0 Å². The minimum absolute atomic E-state index is 0.0737. The molecule has 0 amide bonds. The predicted molar refractivity (Wildman–Crippen MR) is 69.8 cm³/mol. The Morgan fingerprint density at radius 3 is 2.94 bits per heavy atom. The van der Waals surface area contributed by atoms with E-state index in [1.54, 1.807) is 11.8 Å². The Balaban J connectivity index is 2.83. The lowest BCUT2D eigenvalue weighted by Crippen LogP contribution is -2.20. The van der Waals surface area contributed by atoms with Crippen molar-refractivity contribution in [2.45, 2.75) is 19.9 Å². The van der Waals surface area contributed by atoms with Crippen LogP contribution in [0.1, 0.15) is 13.8 Å². The summed E-state index contributed by atoms with van der Waals surface area (Å²) in [7, 11) is 0. The van der Waals surface area contributed by atoms with Crippen molar-refractivity contribution >= 4 is 34.9 Å². The fourth-order valence-corrected chi connectivity index (χ4v) is 2.07. The van der Waals surface area contributed by atoms with Crippen LogP contribution >= 0.6 is 23.4 Å². The van der Waals surface area contributed by atoms with Gasteiger partial charge in [0.2, 0.25) is 11.0 Å². The first-order chi connectivity index (χ1) is 8.06. The monoisotopic (exact) mass is 276 g/mol. The average Bonchev–Trinajstić information content (AvgIpc) is 2.25. The summed E-state index contributed by atoms with van der Waals surface area (Å²) < 4.78 is 0. The minimum atomic E-state index is -0.579. The van der Waals surface area contributed by atoms with Crippen molar-refractivity contribution in [2.24, 2.45) is 0 Å². The summed E-state index contributed by atoms with van der Waals surface area (Å²) >= 11 is 7.42. The van der Waals surface area contributed by atoms with Crippen LogP contribution in [0.4, 0.5) is 11.5 Å². The van der Waals surface area contributed by atoms with E-state index < -0.39 is 4.92 Å². The number of rotatable bonds is 6. The molecule has 0 aromatic carbocycles. The largest absolute Gasteiger partial charge is 0.361 e. The van der Waals surface area contributed by atoms with Crippen molar-refractivity contribution in [1.82, 2.24) is 9.97 Å². The van der Waals surface area contributed by atoms with E-state index in [0.29, 0.717) is 0 Å². The number of hydrogen-bond donors (Lipinski definition) is 1. The zero-order valence-electron chi connectivity index (χ0n) is 9.51. The first kappa shape index (κ1) is 14.0. The maximum Gasteiger partial charge on any atom is 0.348 e. The number of aromatic nitrogens is 2. The Bertz CT molecular complexity index is 405. The highest BCUT2D eigenvalue weighted by Crippen LogP contribution is 2.28. The first-order valence-electron chi connectivity index (χ1n) is 5.05. The molecular weight excluding hydrogens is 264 g/mol. The van der Waals surface area contributed by atoms with Crippen LogP contribution < -0.4 is 5.32 Å². The summed E-state index contributed by atoms with van der Waals surface area (Å²) in [5.74, 6) is 2.01. The van der Waals surface area contributed by atoms with Crippen LogP contribution in [-0.2, 0) is 0 Å². The van der Waals surface area contributed by atoms with E-state index in [1.165, 1.54) is 6.33 Å². The standard InChI is InChI=1S/C9H13ClN4O2S/c1-3-17-4-6(2)13-9-7(14(15)16)8(10)11-5-12-9/h5-6H,3-4H2,1-2H3,(H,11,12,13). The molecule has 1 aromatic heterocycles. The summed E-state index contributed by atoms with van der Waals surface area (Å²) in [6, 6.07) is 0.0737. The number of nitrogens with zero attached hydrogens (tertiary/aromatic N) is 3. The molecule has 8 heteroatoms. The van der Waals surface area contributed by atoms with Gasteiger partial charge in [0.15, 0.2) is 0 Å². The number of hydrogen-bond acceptors (Lipinski definition) is 6. The van der Waals surface area contributed by atoms with Gasteiger partial charge in [-0.05, 0) is 12.7 Å². The summed E-state index contributed by atoms with van der Waals surface area (Å²) in [4.78, 5) is 17.7. The third kappa shape index (κ3) is 4.01. The molecular formula is C9H13ClN4O2S. The molecule has 0 radical (unpaired) electrons. The van der Waals surface area contributed by atoms with E-state index in [0.717, 1.165) is 11.5 Å². The molecule has 1 rings (SSSR count). The molecule has 1 unspecified atom stereocenters. The van der Waals surface area contributed by atoms with Crippen molar-refractivity contribution in [3.05, 3.63) is 21.6 Å². The molecule has 0 saturated heterocycles. The molecule has 0 aliphatic heterocycles. The van der Waals surface area contributed by atoms with Crippen molar-refractivity contribution in [3.8, 4) is 0 Å². The highest BCUT2D eigenvalue weighted by molar-refractivity contribution is 7.99. The fourth-order valence-electron chi connectivity index (χ4n) is 1.19. The van der Waals surface area contributed by atoms with Crippen LogP contribution in [0.2, 0.25) is 5.15 Å². The molecule has 0 aliphatic carbocycles. The Kier molecular flexibility index (Phi) is 5.43. The number of nitro groups is 1. The van der Waals surface area contributed by atoms with Crippen LogP contribution in [0.25, 0.3) is 0 Å². The molecule has 1 aromatic rings. The van der Waals surface area contributed by atoms with Crippen LogP contribution in [0.5, 0.6) is 0 Å². The van der Waals surface area contributed by atoms with Gasteiger partial charge in [0.1, 0.15) is 6.33 Å². The van der Waals surface area contributed by atoms with Gasteiger partial charge in [-0.25, -0.2) is 9.97 Å². The molecule has 1 atom stereocenters. The maximum atomic E-state index is 10.8. The van der Waals surface area contributed by atoms with Gasteiger partial charge in [-0.1, -0.05) is 18.5 Å². The smallest absolute Gasteiger partial charge is 0.348 e. The number of halogens is 1. The first-order valence-corrected chi connectivity index (χ1v) is 6.58. The second kappa shape index (κ2) is 6.61. The van der Waals surface area contributed by atoms with Crippen molar-refractivity contribution in [3.63, 3.8) is 0 Å². The Labute approximate surface area is 108 Å². The zero-order chi connectivity index (χ0) is 12.8. The Morgan fingerprint density at radius 2 is 2.35 bits per heavy atom. The Hall–Kier alpha value is -1.08. The highest BCUT2D eigenvalue weighted by Gasteiger charge is 2.22. The van der Waals surface area contributed by atoms with Gasteiger partial charge >= 0.3 is 5.69 Å². The van der Waals surface area contributed by atoms with Gasteiger partial charge in [-0.15, -0.1) is 0 Å². The van der Waals surface area contributed by atoms with Crippen molar-refractivity contribution < 1.29 is 4.92 Å². The second-order valence-corrected chi connectivity index (χ2v) is 5.00. The van der Waals surface area contributed by atoms with E-state index in [9.17, 15) is 10.1 Å². The highest BCUT2D eigenvalue weighted by atomic mass is 35.5. The predicted octanol–water partition coefficient (Wildman–Crippen LogP) is 2.59. The van der Waals surface area contributed by atoms with Crippen LogP contribution in [-0.4, -0.2) is 32.4 Å². The normalized spacial score (nSPS) is 12.2. The second-order valence-electron chi connectivity index (χ2n) is 3.32. The van der Waals surface area contributed by atoms with E-state index in [1.807, 2.05) is 6.92 Å². The lowest BCUT2D eigenvalue weighted by atomic mass is 10.3. The zero-order valence-corrected chi connectivity index (χ0v) is 11.1. The summed E-state index contributed by atoms with van der Waals surface area (Å²) in [6.45, 7) is 3.99. The van der Waals surface area contributed by atoms with Gasteiger partial charge in [0, 0.05) is 11.8 Å². The van der Waals surface area contributed by atoms with Gasteiger partial charge in [-0.3, -0.25) is 10.1 Å². The van der Waals surface area contributed by atoms with E-state index >= 15 is 0 Å². The third-order valence-corrected chi connectivity index (χ3v) is 3.34. The molecule has 0 fully saturated rings. The average molecular weight is 277 g/mol. The fraction of sp³-hybridized carbons (Fsp3) is 0.556. The Morgan fingerprint density at radius 1 is 1.65 bits per heavy atom. The minimum Gasteiger partial charge on any atom is -0.361 e. The molecule has 6 nitrogen and oxygen atoms in total. The maximum absolute atomic E-state index is 10.8. The SMILES string of the molecule is CCSCC(C)Nc1ncnc(Cl)c1[N+](=O)[O-]. The van der Waals surface area contributed by atoms with Gasteiger partial charge in [-0.2, -0.15) is 11.8 Å². The lowest BCUT2D eigenvalue weighted by molar-refractivity contribution is -0.384. The topological polar surface area (TPSA) is 81.0 Å². The summed E-state index contributed by atoms with van der Waals surface area (Å²) in [5.41, 5.74) is -0.275. The molecule has 17 heavy (non-hydrogen) atoms. The lowest BCUT2D eigenvalue weighted by Gasteiger charge is -2.13. The molecule has 0 spiro atoms. The van der Waals surface area contributed by atoms with E-state index in [2.05, 4.69) is 22.2 Å². The van der Waals surface area contributed by atoms with Crippen LogP contribution in [0.15, 0.2) is 6.33 Å². The molecule has 0 saturated carbocycles. The number of nitrogens with one attached hydrogen (secondary N) is 1. The quantitative estimate of drug-likeness (QED) is 0.489. The number of thioether (sulfide) groups is 1. The van der Waals surface area contributed by atoms with E-state index in [4.69, 9.17) is 11.6 Å². The van der Waals surface area contributed by atoms with Crippen LogP contribution in [0, 0.1) is 10.1 Å². The van der Waals surface area contributed by atoms with Gasteiger partial charge in [0.05, 0.1) is 4.92 Å². The van der Waals surface area contributed by atoms with E-state index in [-0.39, 0.29) is 22.7 Å². The summed E-state index contributed by atoms with van der Waals surface area (Å²) in [6.07, 6.45) is 1.21. The molecule has 0 bridgehead atoms. The van der Waals surface area contributed by atoms with Gasteiger partial charge in [0.25, 0.3) is 0 Å². The van der Waals surface area contributed by atoms with Crippen molar-refractivity contribution in [1.29, 1.82) is 0 Å². The summed E-state index contributed by atoms with van der Waals surface area (Å²) in [5, 5.41) is 13.7. The van der Waals surface area contributed by atoms with Gasteiger partial charge < -0.3 is 5.32 Å². The van der Waals surface area contributed by atoms with Crippen molar-refractivity contribution in [2.75, 3.05) is 16.8 Å². The molecule has 94 valence electrons. The third-order valence-electron chi connectivity index (χ3n) is 1.92. The molecule has 0 aliphatic rings. The molecule has 1 heterocycles.